The summed E-state index contributed by atoms with van der Waals surface area (Å²) in [5.41, 5.74) is 0.983. The van der Waals surface area contributed by atoms with Crippen molar-refractivity contribution >= 4 is 5.97 Å². The van der Waals surface area contributed by atoms with E-state index in [2.05, 4.69) is 10.1 Å². The van der Waals surface area contributed by atoms with Crippen LogP contribution in [0, 0.1) is 11.8 Å². The molecule has 0 saturated carbocycles. The standard InChI is InChI=1S/C17H18F3N3O3/c1-10(23-8-12(16(24)25)13(9-23)17(18,19)20)15-21-14(22-26-15)7-11-5-3-2-4-6-11/h2-6,10,12-13H,7-9H2,1H3,(H,24,25)/t10?,12-,13-/m1/s1. The van der Waals surface area contributed by atoms with Gasteiger partial charge in [-0.15, -0.1) is 0 Å². The fourth-order valence-corrected chi connectivity index (χ4v) is 3.18. The highest BCUT2D eigenvalue weighted by Crippen LogP contribution is 2.40. The summed E-state index contributed by atoms with van der Waals surface area (Å²) >= 11 is 0. The molecule has 1 aromatic carbocycles. The SMILES string of the molecule is CC(c1nc(Cc2ccccc2)no1)N1C[C@@H](C(F)(F)F)[C@H](C(=O)O)C1. The molecule has 1 saturated heterocycles. The summed E-state index contributed by atoms with van der Waals surface area (Å²) in [5.74, 6) is -4.24. The Kier molecular flexibility index (Phi) is 4.99. The minimum atomic E-state index is -4.56. The number of alkyl halides is 3. The molecule has 2 heterocycles. The Labute approximate surface area is 147 Å². The molecule has 9 heteroatoms. The number of carboxylic acids is 1. The Hall–Kier alpha value is -2.42. The van der Waals surface area contributed by atoms with Crippen LogP contribution in [-0.4, -0.2) is 45.4 Å². The third-order valence-corrected chi connectivity index (χ3v) is 4.68. The van der Waals surface area contributed by atoms with Crippen LogP contribution in [0.5, 0.6) is 0 Å². The van der Waals surface area contributed by atoms with Gasteiger partial charge in [-0.2, -0.15) is 18.2 Å². The first kappa shape index (κ1) is 18.4. The molecular formula is C17H18F3N3O3. The van der Waals surface area contributed by atoms with Gasteiger partial charge in [0.2, 0.25) is 5.89 Å². The first-order chi connectivity index (χ1) is 12.3. The fraction of sp³-hybridized carbons (Fsp3) is 0.471. The lowest BCUT2D eigenvalue weighted by Gasteiger charge is -2.21. The molecule has 2 aromatic rings. The van der Waals surface area contributed by atoms with Crippen LogP contribution in [0.25, 0.3) is 0 Å². The van der Waals surface area contributed by atoms with Crippen LogP contribution in [0.3, 0.4) is 0 Å². The molecular weight excluding hydrogens is 351 g/mol. The third-order valence-electron chi connectivity index (χ3n) is 4.68. The van der Waals surface area contributed by atoms with Gasteiger partial charge in [-0.1, -0.05) is 35.5 Å². The van der Waals surface area contributed by atoms with Crippen LogP contribution >= 0.6 is 0 Å². The Bertz CT molecular complexity index is 763. The number of benzene rings is 1. The molecule has 1 unspecified atom stereocenters. The molecule has 140 valence electrons. The molecule has 3 atom stereocenters. The predicted molar refractivity (Wildman–Crippen MR) is 84.2 cm³/mol. The van der Waals surface area contributed by atoms with Gasteiger partial charge in [-0.25, -0.2) is 0 Å². The zero-order chi connectivity index (χ0) is 18.9. The molecule has 3 rings (SSSR count). The van der Waals surface area contributed by atoms with E-state index in [0.29, 0.717) is 12.2 Å². The Morgan fingerprint density at radius 3 is 2.62 bits per heavy atom. The van der Waals surface area contributed by atoms with Crippen molar-refractivity contribution in [2.45, 2.75) is 25.6 Å². The van der Waals surface area contributed by atoms with Crippen molar-refractivity contribution in [1.29, 1.82) is 0 Å². The number of rotatable bonds is 5. The van der Waals surface area contributed by atoms with E-state index < -0.39 is 36.6 Å². The van der Waals surface area contributed by atoms with Crippen LogP contribution in [-0.2, 0) is 11.2 Å². The van der Waals surface area contributed by atoms with E-state index in [9.17, 15) is 18.0 Å². The molecule has 0 radical (unpaired) electrons. The zero-order valence-electron chi connectivity index (χ0n) is 14.0. The van der Waals surface area contributed by atoms with E-state index in [0.717, 1.165) is 5.56 Å². The van der Waals surface area contributed by atoms with Gasteiger partial charge in [0.25, 0.3) is 0 Å². The number of halogens is 3. The minimum Gasteiger partial charge on any atom is -0.481 e. The van der Waals surface area contributed by atoms with Crippen molar-refractivity contribution in [3.8, 4) is 0 Å². The molecule has 0 aliphatic carbocycles. The summed E-state index contributed by atoms with van der Waals surface area (Å²) in [6.07, 6.45) is -4.12. The lowest BCUT2D eigenvalue weighted by molar-refractivity contribution is -0.188. The number of aromatic nitrogens is 2. The van der Waals surface area contributed by atoms with Crippen molar-refractivity contribution in [3.05, 3.63) is 47.6 Å². The maximum Gasteiger partial charge on any atom is 0.393 e. The minimum absolute atomic E-state index is 0.183. The molecule has 1 aromatic heterocycles. The maximum atomic E-state index is 13.1. The summed E-state index contributed by atoms with van der Waals surface area (Å²) in [6, 6.07) is 8.87. The van der Waals surface area contributed by atoms with Gasteiger partial charge in [-0.3, -0.25) is 9.69 Å². The number of hydrogen-bond donors (Lipinski definition) is 1. The van der Waals surface area contributed by atoms with Crippen LogP contribution < -0.4 is 0 Å². The zero-order valence-corrected chi connectivity index (χ0v) is 14.0. The topological polar surface area (TPSA) is 79.5 Å². The van der Waals surface area contributed by atoms with Crippen molar-refractivity contribution in [2.75, 3.05) is 13.1 Å². The average Bonchev–Trinajstić information content (AvgIpc) is 3.22. The second-order valence-corrected chi connectivity index (χ2v) is 6.43. The van der Waals surface area contributed by atoms with Gasteiger partial charge in [0.05, 0.1) is 17.9 Å². The van der Waals surface area contributed by atoms with E-state index in [-0.39, 0.29) is 12.4 Å². The largest absolute Gasteiger partial charge is 0.481 e. The number of carboxylic acid groups (broad SMARTS) is 1. The summed E-state index contributed by atoms with van der Waals surface area (Å²) in [5, 5.41) is 13.0. The Morgan fingerprint density at radius 1 is 1.35 bits per heavy atom. The van der Waals surface area contributed by atoms with Crippen molar-refractivity contribution in [1.82, 2.24) is 15.0 Å². The lowest BCUT2D eigenvalue weighted by atomic mass is 9.96. The van der Waals surface area contributed by atoms with Gasteiger partial charge in [0, 0.05) is 19.5 Å². The van der Waals surface area contributed by atoms with Crippen LogP contribution in [0.1, 0.15) is 30.2 Å². The Balaban J connectivity index is 1.71. The number of aliphatic carboxylic acids is 1. The first-order valence-electron chi connectivity index (χ1n) is 8.15. The van der Waals surface area contributed by atoms with Crippen LogP contribution in [0.4, 0.5) is 13.2 Å². The highest BCUT2D eigenvalue weighted by Gasteiger charge is 2.53. The number of likely N-dealkylation sites (tertiary alicyclic amines) is 1. The Morgan fingerprint density at radius 2 is 2.04 bits per heavy atom. The average molecular weight is 369 g/mol. The van der Waals surface area contributed by atoms with E-state index >= 15 is 0 Å². The van der Waals surface area contributed by atoms with Gasteiger partial charge < -0.3 is 9.63 Å². The first-order valence-corrected chi connectivity index (χ1v) is 8.15. The van der Waals surface area contributed by atoms with E-state index in [1.807, 2.05) is 30.3 Å². The normalized spacial score (nSPS) is 22.5. The fourth-order valence-electron chi connectivity index (χ4n) is 3.18. The van der Waals surface area contributed by atoms with E-state index in [1.165, 1.54) is 4.90 Å². The lowest BCUT2D eigenvalue weighted by Crippen LogP contribution is -2.33. The van der Waals surface area contributed by atoms with Crippen molar-refractivity contribution in [3.63, 3.8) is 0 Å². The van der Waals surface area contributed by atoms with Gasteiger partial charge >= 0.3 is 12.1 Å². The van der Waals surface area contributed by atoms with Gasteiger partial charge in [-0.05, 0) is 12.5 Å². The van der Waals surface area contributed by atoms with E-state index in [4.69, 9.17) is 9.63 Å². The molecule has 6 nitrogen and oxygen atoms in total. The molecule has 0 bridgehead atoms. The van der Waals surface area contributed by atoms with Crippen molar-refractivity contribution < 1.29 is 27.6 Å². The second kappa shape index (κ2) is 7.06. The molecule has 1 aliphatic heterocycles. The third kappa shape index (κ3) is 3.87. The smallest absolute Gasteiger partial charge is 0.393 e. The summed E-state index contributed by atoms with van der Waals surface area (Å²) in [6.45, 7) is 1.02. The quantitative estimate of drug-likeness (QED) is 0.873. The summed E-state index contributed by atoms with van der Waals surface area (Å²) in [4.78, 5) is 16.9. The van der Waals surface area contributed by atoms with Gasteiger partial charge in [0.1, 0.15) is 0 Å². The number of carbonyl (C=O) groups is 1. The molecule has 0 spiro atoms. The number of nitrogens with zero attached hydrogens (tertiary/aromatic N) is 3. The van der Waals surface area contributed by atoms with Crippen LogP contribution in [0.2, 0.25) is 0 Å². The monoisotopic (exact) mass is 369 g/mol. The molecule has 26 heavy (non-hydrogen) atoms. The molecule has 1 N–H and O–H groups in total. The van der Waals surface area contributed by atoms with Crippen molar-refractivity contribution in [2.24, 2.45) is 11.8 Å². The van der Waals surface area contributed by atoms with E-state index in [1.54, 1.807) is 6.92 Å². The summed E-state index contributed by atoms with van der Waals surface area (Å²) < 4.78 is 44.5. The highest BCUT2D eigenvalue weighted by molar-refractivity contribution is 5.71. The van der Waals surface area contributed by atoms with Gasteiger partial charge in [0.15, 0.2) is 5.82 Å². The van der Waals surface area contributed by atoms with Crippen LogP contribution in [0.15, 0.2) is 34.9 Å². The maximum absolute atomic E-state index is 13.1. The molecule has 0 amide bonds. The highest BCUT2D eigenvalue weighted by atomic mass is 19.4. The number of hydrogen-bond acceptors (Lipinski definition) is 5. The summed E-state index contributed by atoms with van der Waals surface area (Å²) in [7, 11) is 0. The molecule has 1 fully saturated rings. The predicted octanol–water partition coefficient (Wildman–Crippen LogP) is 2.92. The molecule has 1 aliphatic rings. The second-order valence-electron chi connectivity index (χ2n) is 6.43.